The van der Waals surface area contributed by atoms with Gasteiger partial charge < -0.3 is 10.5 Å². The smallest absolute Gasteiger partial charge is 0.343 e. The molecule has 3 rings (SSSR count). The number of methoxy groups -OCH3 is 1. The van der Waals surface area contributed by atoms with Crippen LogP contribution in [0.4, 0.5) is 5.82 Å². The third-order valence-corrected chi connectivity index (χ3v) is 3.25. The van der Waals surface area contributed by atoms with Gasteiger partial charge in [-0.15, -0.1) is 0 Å². The molecule has 1 heterocycles. The van der Waals surface area contributed by atoms with Gasteiger partial charge in [0.2, 0.25) is 0 Å². The van der Waals surface area contributed by atoms with E-state index in [1.54, 1.807) is 0 Å². The third-order valence-electron chi connectivity index (χ3n) is 3.25. The molecule has 5 heteroatoms. The molecule has 104 valence electrons. The second kappa shape index (κ2) is 5.20. The summed E-state index contributed by atoms with van der Waals surface area (Å²) < 4.78 is 4.63. The fourth-order valence-electron chi connectivity index (χ4n) is 2.21. The molecule has 0 radical (unpaired) electrons. The number of benzene rings is 2. The van der Waals surface area contributed by atoms with Crippen molar-refractivity contribution in [2.75, 3.05) is 12.8 Å². The Morgan fingerprint density at radius 2 is 1.90 bits per heavy atom. The molecule has 0 aliphatic carbocycles. The number of nitrogens with zero attached hydrogens (tertiary/aromatic N) is 2. The summed E-state index contributed by atoms with van der Waals surface area (Å²) in [5, 5.41) is 2.12. The van der Waals surface area contributed by atoms with Crippen LogP contribution in [0.1, 0.15) is 10.4 Å². The van der Waals surface area contributed by atoms with Crippen molar-refractivity contribution in [1.29, 1.82) is 0 Å². The molecule has 3 aromatic rings. The first kappa shape index (κ1) is 13.1. The van der Waals surface area contributed by atoms with E-state index in [9.17, 15) is 4.79 Å². The van der Waals surface area contributed by atoms with Crippen molar-refractivity contribution in [3.8, 4) is 11.4 Å². The first-order valence-corrected chi connectivity index (χ1v) is 6.39. The lowest BCUT2D eigenvalue weighted by Gasteiger charge is -2.07. The Bertz CT molecular complexity index is 825. The number of anilines is 1. The minimum absolute atomic E-state index is 0.111. The van der Waals surface area contributed by atoms with Crippen LogP contribution >= 0.6 is 0 Å². The molecule has 0 saturated heterocycles. The lowest BCUT2D eigenvalue weighted by molar-refractivity contribution is 0.0601. The summed E-state index contributed by atoms with van der Waals surface area (Å²) in [6, 6.07) is 13.8. The maximum absolute atomic E-state index is 11.5. The van der Waals surface area contributed by atoms with Gasteiger partial charge >= 0.3 is 5.97 Å². The van der Waals surface area contributed by atoms with Crippen molar-refractivity contribution in [1.82, 2.24) is 9.97 Å². The molecule has 2 aromatic carbocycles. The number of aromatic nitrogens is 2. The van der Waals surface area contributed by atoms with Crippen LogP contribution in [-0.4, -0.2) is 23.0 Å². The highest BCUT2D eigenvalue weighted by Gasteiger charge is 2.14. The zero-order chi connectivity index (χ0) is 14.8. The minimum Gasteiger partial charge on any atom is -0.465 e. The fourth-order valence-corrected chi connectivity index (χ4v) is 2.21. The van der Waals surface area contributed by atoms with E-state index in [0.29, 0.717) is 5.82 Å². The normalized spacial score (nSPS) is 10.5. The van der Waals surface area contributed by atoms with E-state index in [1.807, 2.05) is 42.5 Å². The highest BCUT2D eigenvalue weighted by molar-refractivity contribution is 5.97. The fraction of sp³-hybridized carbons (Fsp3) is 0.0625. The number of ether oxygens (including phenoxy) is 1. The number of carbonyl (C=O) groups excluding carboxylic acids is 1. The first-order valence-electron chi connectivity index (χ1n) is 6.39. The highest BCUT2D eigenvalue weighted by atomic mass is 16.5. The monoisotopic (exact) mass is 279 g/mol. The van der Waals surface area contributed by atoms with Gasteiger partial charge in [0.05, 0.1) is 7.11 Å². The predicted molar refractivity (Wildman–Crippen MR) is 80.7 cm³/mol. The van der Waals surface area contributed by atoms with Gasteiger partial charge in [-0.1, -0.05) is 42.5 Å². The van der Waals surface area contributed by atoms with Crippen LogP contribution in [0, 0.1) is 0 Å². The number of nitrogens with two attached hydrogens (primary N) is 1. The zero-order valence-electron chi connectivity index (χ0n) is 11.4. The Kier molecular flexibility index (Phi) is 3.23. The summed E-state index contributed by atoms with van der Waals surface area (Å²) in [6.07, 6.45) is 1.39. The van der Waals surface area contributed by atoms with Gasteiger partial charge in [0.25, 0.3) is 0 Å². The summed E-state index contributed by atoms with van der Waals surface area (Å²) in [5.41, 5.74) is 6.87. The second-order valence-corrected chi connectivity index (χ2v) is 4.51. The van der Waals surface area contributed by atoms with Crippen LogP contribution < -0.4 is 5.73 Å². The first-order chi connectivity index (χ1) is 10.2. The Balaban J connectivity index is 2.16. The molecule has 21 heavy (non-hydrogen) atoms. The molecule has 0 spiro atoms. The maximum Gasteiger partial charge on any atom is 0.343 e. The Morgan fingerprint density at radius 1 is 1.14 bits per heavy atom. The van der Waals surface area contributed by atoms with Crippen molar-refractivity contribution in [2.24, 2.45) is 0 Å². The molecule has 0 fully saturated rings. The van der Waals surface area contributed by atoms with Crippen LogP contribution in [0.25, 0.3) is 22.2 Å². The number of esters is 1. The number of fused-ring (bicyclic) bond motifs is 1. The van der Waals surface area contributed by atoms with Gasteiger partial charge in [-0.3, -0.25) is 0 Å². The lowest BCUT2D eigenvalue weighted by Crippen LogP contribution is -2.09. The van der Waals surface area contributed by atoms with Crippen molar-refractivity contribution in [2.45, 2.75) is 0 Å². The zero-order valence-corrected chi connectivity index (χ0v) is 11.4. The van der Waals surface area contributed by atoms with Gasteiger partial charge in [0, 0.05) is 11.8 Å². The maximum atomic E-state index is 11.5. The molecular weight excluding hydrogens is 266 g/mol. The van der Waals surface area contributed by atoms with Crippen molar-refractivity contribution >= 4 is 22.6 Å². The van der Waals surface area contributed by atoms with E-state index in [0.717, 1.165) is 16.3 Å². The average molecular weight is 279 g/mol. The lowest BCUT2D eigenvalue weighted by atomic mass is 10.0. The summed E-state index contributed by atoms with van der Waals surface area (Å²) >= 11 is 0. The van der Waals surface area contributed by atoms with Crippen LogP contribution in [0.2, 0.25) is 0 Å². The Hall–Kier alpha value is -2.95. The molecule has 5 nitrogen and oxygen atoms in total. The van der Waals surface area contributed by atoms with E-state index < -0.39 is 5.97 Å². The standard InChI is InChI=1S/C16H13N3O2/c1-21-16(20)13-9-18-15(19-14(13)17)12-8-4-6-10-5-2-3-7-11(10)12/h2-9H,1H3,(H2,17,18,19). The van der Waals surface area contributed by atoms with Crippen LogP contribution in [0.5, 0.6) is 0 Å². The molecule has 0 bridgehead atoms. The number of hydrogen-bond donors (Lipinski definition) is 1. The van der Waals surface area contributed by atoms with Crippen molar-refractivity contribution in [3.05, 3.63) is 54.2 Å². The van der Waals surface area contributed by atoms with E-state index in [-0.39, 0.29) is 11.4 Å². The van der Waals surface area contributed by atoms with E-state index in [4.69, 9.17) is 5.73 Å². The van der Waals surface area contributed by atoms with Gasteiger partial charge in [-0.05, 0) is 10.8 Å². The van der Waals surface area contributed by atoms with Crippen molar-refractivity contribution in [3.63, 3.8) is 0 Å². The molecule has 0 atom stereocenters. The average Bonchev–Trinajstić information content (AvgIpc) is 2.53. The van der Waals surface area contributed by atoms with E-state index in [2.05, 4.69) is 14.7 Å². The number of nitrogen functional groups attached to an aromatic ring is 1. The SMILES string of the molecule is COC(=O)c1cnc(-c2cccc3ccccc23)nc1N. The van der Waals surface area contributed by atoms with Gasteiger partial charge in [-0.2, -0.15) is 0 Å². The van der Waals surface area contributed by atoms with Crippen LogP contribution in [-0.2, 0) is 4.74 Å². The quantitative estimate of drug-likeness (QED) is 0.730. The summed E-state index contributed by atoms with van der Waals surface area (Å²) in [5.74, 6) is 0.0497. The summed E-state index contributed by atoms with van der Waals surface area (Å²) in [7, 11) is 1.29. The van der Waals surface area contributed by atoms with E-state index in [1.165, 1.54) is 13.3 Å². The number of rotatable bonds is 2. The molecule has 0 amide bonds. The third kappa shape index (κ3) is 2.29. The summed E-state index contributed by atoms with van der Waals surface area (Å²) in [4.78, 5) is 20.0. The van der Waals surface area contributed by atoms with Crippen LogP contribution in [0.3, 0.4) is 0 Å². The van der Waals surface area contributed by atoms with Crippen molar-refractivity contribution < 1.29 is 9.53 Å². The Labute approximate surface area is 121 Å². The molecule has 0 aliphatic heterocycles. The second-order valence-electron chi connectivity index (χ2n) is 4.51. The van der Waals surface area contributed by atoms with Gasteiger partial charge in [-0.25, -0.2) is 14.8 Å². The van der Waals surface area contributed by atoms with Gasteiger partial charge in [0.15, 0.2) is 5.82 Å². The molecule has 0 aliphatic rings. The molecule has 1 aromatic heterocycles. The van der Waals surface area contributed by atoms with Gasteiger partial charge in [0.1, 0.15) is 11.4 Å². The molecule has 0 saturated carbocycles. The molecule has 0 unspecified atom stereocenters. The molecule has 2 N–H and O–H groups in total. The summed E-state index contributed by atoms with van der Waals surface area (Å²) in [6.45, 7) is 0. The van der Waals surface area contributed by atoms with Crippen LogP contribution in [0.15, 0.2) is 48.7 Å². The largest absolute Gasteiger partial charge is 0.465 e. The minimum atomic E-state index is -0.544. The predicted octanol–water partition coefficient (Wildman–Crippen LogP) is 2.67. The Morgan fingerprint density at radius 3 is 2.67 bits per heavy atom. The number of carbonyl (C=O) groups is 1. The number of hydrogen-bond acceptors (Lipinski definition) is 5. The highest BCUT2D eigenvalue weighted by Crippen LogP contribution is 2.26. The topological polar surface area (TPSA) is 78.1 Å². The van der Waals surface area contributed by atoms with E-state index >= 15 is 0 Å². The molecular formula is C16H13N3O2.